The molecule has 0 aliphatic carbocycles. The van der Waals surface area contributed by atoms with Gasteiger partial charge in [-0.3, -0.25) is 9.48 Å². The zero-order chi connectivity index (χ0) is 11.5. The Morgan fingerprint density at radius 1 is 1.71 bits per heavy atom. The third-order valence-electron chi connectivity index (χ3n) is 2.91. The highest BCUT2D eigenvalue weighted by Crippen LogP contribution is 2.05. The monoisotopic (exact) mass is 258 g/mol. The van der Waals surface area contributed by atoms with Gasteiger partial charge in [0.15, 0.2) is 0 Å². The second-order valence-electron chi connectivity index (χ2n) is 4.30. The van der Waals surface area contributed by atoms with Crippen LogP contribution < -0.4 is 10.6 Å². The fourth-order valence-electron chi connectivity index (χ4n) is 2.06. The summed E-state index contributed by atoms with van der Waals surface area (Å²) in [6, 6.07) is 2.23. The molecular weight excluding hydrogens is 240 g/mol. The van der Waals surface area contributed by atoms with Crippen LogP contribution >= 0.6 is 12.4 Å². The van der Waals surface area contributed by atoms with Crippen LogP contribution in [0.3, 0.4) is 0 Å². The first-order valence-corrected chi connectivity index (χ1v) is 5.69. The fourth-order valence-corrected chi connectivity index (χ4v) is 2.06. The predicted octanol–water partition coefficient (Wildman–Crippen LogP) is 0.632. The van der Waals surface area contributed by atoms with Crippen molar-refractivity contribution in [2.24, 2.45) is 7.05 Å². The van der Waals surface area contributed by atoms with E-state index in [1.165, 1.54) is 6.42 Å². The summed E-state index contributed by atoms with van der Waals surface area (Å²) in [5.74, 6) is -0.0446. The van der Waals surface area contributed by atoms with Crippen LogP contribution in [0.15, 0.2) is 6.07 Å². The van der Waals surface area contributed by atoms with Gasteiger partial charge in [-0.15, -0.1) is 12.4 Å². The molecule has 1 saturated heterocycles. The molecule has 0 spiro atoms. The number of carbonyl (C=O) groups excluding carboxylic acids is 1. The van der Waals surface area contributed by atoms with Crippen molar-refractivity contribution in [1.82, 2.24) is 20.4 Å². The number of aromatic nitrogens is 2. The van der Waals surface area contributed by atoms with E-state index in [0.29, 0.717) is 18.3 Å². The molecule has 1 atom stereocenters. The van der Waals surface area contributed by atoms with Crippen LogP contribution in [0.4, 0.5) is 0 Å². The predicted molar refractivity (Wildman–Crippen MR) is 68.6 cm³/mol. The van der Waals surface area contributed by atoms with E-state index in [0.717, 1.165) is 18.7 Å². The van der Waals surface area contributed by atoms with Crippen molar-refractivity contribution in [3.05, 3.63) is 17.5 Å². The molecule has 2 rings (SSSR count). The Bertz CT molecular complexity index is 385. The molecule has 17 heavy (non-hydrogen) atoms. The highest BCUT2D eigenvalue weighted by molar-refractivity contribution is 5.92. The summed E-state index contributed by atoms with van der Waals surface area (Å²) >= 11 is 0. The van der Waals surface area contributed by atoms with E-state index in [1.54, 1.807) is 17.8 Å². The molecule has 1 unspecified atom stereocenters. The smallest absolute Gasteiger partial charge is 0.269 e. The SMILES string of the molecule is Cc1cc(C(=O)NCC2CCCN2)n(C)n1.Cl. The molecule has 5 nitrogen and oxygen atoms in total. The number of aryl methyl sites for hydroxylation is 2. The van der Waals surface area contributed by atoms with Crippen molar-refractivity contribution < 1.29 is 4.79 Å². The van der Waals surface area contributed by atoms with Gasteiger partial charge in [-0.05, 0) is 32.4 Å². The normalized spacial score (nSPS) is 18.8. The molecule has 1 amide bonds. The topological polar surface area (TPSA) is 59.0 Å². The lowest BCUT2D eigenvalue weighted by Crippen LogP contribution is -2.37. The molecule has 2 heterocycles. The van der Waals surface area contributed by atoms with Crippen molar-refractivity contribution in [1.29, 1.82) is 0 Å². The summed E-state index contributed by atoms with van der Waals surface area (Å²) in [5, 5.41) is 10.4. The van der Waals surface area contributed by atoms with Crippen molar-refractivity contribution in [3.8, 4) is 0 Å². The quantitative estimate of drug-likeness (QED) is 0.836. The Balaban J connectivity index is 0.00000144. The Morgan fingerprint density at radius 2 is 2.47 bits per heavy atom. The van der Waals surface area contributed by atoms with Crippen LogP contribution in [0.5, 0.6) is 0 Å². The molecule has 0 aromatic carbocycles. The largest absolute Gasteiger partial charge is 0.349 e. The maximum atomic E-state index is 11.8. The molecule has 0 radical (unpaired) electrons. The zero-order valence-electron chi connectivity index (χ0n) is 10.2. The average Bonchev–Trinajstić information content (AvgIpc) is 2.84. The molecule has 1 aliphatic heterocycles. The van der Waals surface area contributed by atoms with E-state index < -0.39 is 0 Å². The molecular formula is C11H19ClN4O. The van der Waals surface area contributed by atoms with Crippen LogP contribution in [0.25, 0.3) is 0 Å². The Hall–Kier alpha value is -1.07. The van der Waals surface area contributed by atoms with Gasteiger partial charge in [0.1, 0.15) is 5.69 Å². The van der Waals surface area contributed by atoms with Crippen LogP contribution in [0.2, 0.25) is 0 Å². The van der Waals surface area contributed by atoms with Crippen LogP contribution in [0, 0.1) is 6.92 Å². The van der Waals surface area contributed by atoms with Gasteiger partial charge in [0.2, 0.25) is 0 Å². The van der Waals surface area contributed by atoms with Crippen molar-refractivity contribution in [2.45, 2.75) is 25.8 Å². The maximum absolute atomic E-state index is 11.8. The third-order valence-corrected chi connectivity index (χ3v) is 2.91. The van der Waals surface area contributed by atoms with Crippen molar-refractivity contribution in [3.63, 3.8) is 0 Å². The number of hydrogen-bond acceptors (Lipinski definition) is 3. The number of rotatable bonds is 3. The number of nitrogens with zero attached hydrogens (tertiary/aromatic N) is 2. The Kier molecular flexibility index (Phi) is 4.96. The first-order chi connectivity index (χ1) is 7.66. The minimum atomic E-state index is -0.0446. The summed E-state index contributed by atoms with van der Waals surface area (Å²) in [4.78, 5) is 11.8. The minimum Gasteiger partial charge on any atom is -0.349 e. The number of hydrogen-bond donors (Lipinski definition) is 2. The molecule has 1 aromatic heterocycles. The molecule has 1 fully saturated rings. The van der Waals surface area contributed by atoms with E-state index in [-0.39, 0.29) is 18.3 Å². The second-order valence-corrected chi connectivity index (χ2v) is 4.30. The first-order valence-electron chi connectivity index (χ1n) is 5.69. The minimum absolute atomic E-state index is 0. The van der Waals surface area contributed by atoms with Crippen LogP contribution in [0.1, 0.15) is 29.0 Å². The number of halogens is 1. The number of nitrogens with one attached hydrogen (secondary N) is 2. The average molecular weight is 259 g/mol. The lowest BCUT2D eigenvalue weighted by atomic mass is 10.2. The van der Waals surface area contributed by atoms with E-state index in [1.807, 2.05) is 6.92 Å². The fraction of sp³-hybridized carbons (Fsp3) is 0.636. The Labute approximate surface area is 107 Å². The van der Waals surface area contributed by atoms with Gasteiger partial charge < -0.3 is 10.6 Å². The lowest BCUT2D eigenvalue weighted by Gasteiger charge is -2.11. The van der Waals surface area contributed by atoms with E-state index in [9.17, 15) is 4.79 Å². The van der Waals surface area contributed by atoms with Gasteiger partial charge in [-0.2, -0.15) is 5.10 Å². The van der Waals surface area contributed by atoms with Gasteiger partial charge in [0.25, 0.3) is 5.91 Å². The second kappa shape index (κ2) is 6.02. The Morgan fingerprint density at radius 3 is 3.00 bits per heavy atom. The van der Waals surface area contributed by atoms with Gasteiger partial charge in [-0.25, -0.2) is 0 Å². The van der Waals surface area contributed by atoms with Gasteiger partial charge in [0, 0.05) is 19.6 Å². The molecule has 0 bridgehead atoms. The summed E-state index contributed by atoms with van der Waals surface area (Å²) in [5.41, 5.74) is 1.49. The summed E-state index contributed by atoms with van der Waals surface area (Å²) < 4.78 is 1.62. The zero-order valence-corrected chi connectivity index (χ0v) is 11.0. The van der Waals surface area contributed by atoms with Crippen LogP contribution in [-0.2, 0) is 7.05 Å². The van der Waals surface area contributed by atoms with Crippen molar-refractivity contribution in [2.75, 3.05) is 13.1 Å². The molecule has 96 valence electrons. The maximum Gasteiger partial charge on any atom is 0.269 e. The highest BCUT2D eigenvalue weighted by atomic mass is 35.5. The standard InChI is InChI=1S/C11H18N4O.ClH/c1-8-6-10(15(2)14-8)11(16)13-7-9-4-3-5-12-9;/h6,9,12H,3-5,7H2,1-2H3,(H,13,16);1H. The highest BCUT2D eigenvalue weighted by Gasteiger charge is 2.16. The van der Waals surface area contributed by atoms with E-state index in [2.05, 4.69) is 15.7 Å². The third kappa shape index (κ3) is 3.44. The lowest BCUT2D eigenvalue weighted by molar-refractivity contribution is 0.0941. The van der Waals surface area contributed by atoms with E-state index >= 15 is 0 Å². The van der Waals surface area contributed by atoms with Crippen LogP contribution in [-0.4, -0.2) is 34.8 Å². The van der Waals surface area contributed by atoms with Gasteiger partial charge in [-0.1, -0.05) is 0 Å². The molecule has 0 saturated carbocycles. The summed E-state index contributed by atoms with van der Waals surface area (Å²) in [7, 11) is 1.79. The summed E-state index contributed by atoms with van der Waals surface area (Å²) in [6.45, 7) is 3.64. The molecule has 1 aromatic rings. The van der Waals surface area contributed by atoms with E-state index in [4.69, 9.17) is 0 Å². The van der Waals surface area contributed by atoms with Gasteiger partial charge >= 0.3 is 0 Å². The first kappa shape index (κ1) is 14.0. The molecule has 2 N–H and O–H groups in total. The number of carbonyl (C=O) groups is 1. The molecule has 6 heteroatoms. The molecule has 1 aliphatic rings. The number of amides is 1. The van der Waals surface area contributed by atoms with Gasteiger partial charge in [0.05, 0.1) is 5.69 Å². The van der Waals surface area contributed by atoms with Crippen molar-refractivity contribution >= 4 is 18.3 Å². The summed E-state index contributed by atoms with van der Waals surface area (Å²) in [6.07, 6.45) is 2.34.